The first-order valence-corrected chi connectivity index (χ1v) is 6.84. The second-order valence-electron chi connectivity index (χ2n) is 3.47. The summed E-state index contributed by atoms with van der Waals surface area (Å²) in [4.78, 5) is 0. The van der Waals surface area contributed by atoms with Gasteiger partial charge in [-0.1, -0.05) is 43.0 Å². The van der Waals surface area contributed by atoms with Gasteiger partial charge in [-0.05, 0) is 18.4 Å². The summed E-state index contributed by atoms with van der Waals surface area (Å²) in [5.41, 5.74) is 1.17. The van der Waals surface area contributed by atoms with Crippen molar-refractivity contribution in [3.63, 3.8) is 0 Å². The molecular weight excluding hydrogens is 208 g/mol. The molecule has 1 aliphatic heterocycles. The van der Waals surface area contributed by atoms with Gasteiger partial charge in [0.1, 0.15) is 9.84 Å². The fourth-order valence-electron chi connectivity index (χ4n) is 1.34. The molecule has 2 rings (SSSR count). The van der Waals surface area contributed by atoms with Crippen LogP contribution in [0.3, 0.4) is 0 Å². The van der Waals surface area contributed by atoms with Gasteiger partial charge in [-0.25, -0.2) is 8.42 Å². The third-order valence-corrected chi connectivity index (χ3v) is 4.02. The zero-order chi connectivity index (χ0) is 11.1. The smallest absolute Gasteiger partial charge is 0.150 e. The van der Waals surface area contributed by atoms with Crippen LogP contribution in [0.5, 0.6) is 0 Å². The molecule has 0 aromatic heterocycles. The van der Waals surface area contributed by atoms with Gasteiger partial charge >= 0.3 is 0 Å². The topological polar surface area (TPSA) is 34.1 Å². The van der Waals surface area contributed by atoms with Gasteiger partial charge in [-0.2, -0.15) is 0 Å². The maximum atomic E-state index is 10.4. The molecule has 1 aliphatic rings. The first-order valence-electron chi connectivity index (χ1n) is 5.02. The third kappa shape index (κ3) is 4.79. The number of rotatable bonds is 1. The van der Waals surface area contributed by atoms with Gasteiger partial charge in [0.25, 0.3) is 0 Å². The fraction of sp³-hybridized carbons (Fsp3) is 0.333. The van der Waals surface area contributed by atoms with E-state index in [1.807, 2.05) is 36.4 Å². The highest BCUT2D eigenvalue weighted by Gasteiger charge is 2.16. The van der Waals surface area contributed by atoms with E-state index in [-0.39, 0.29) is 0 Å². The van der Waals surface area contributed by atoms with Crippen LogP contribution < -0.4 is 0 Å². The molecule has 2 nitrogen and oxygen atoms in total. The SMILES string of the molecule is C=Cc1ccccc1.O=S1(=O)CCCC1. The Morgan fingerprint density at radius 3 is 1.87 bits per heavy atom. The minimum Gasteiger partial charge on any atom is -0.229 e. The molecular formula is C12H16O2S. The second kappa shape index (κ2) is 5.71. The van der Waals surface area contributed by atoms with E-state index in [1.165, 1.54) is 5.56 Å². The van der Waals surface area contributed by atoms with E-state index in [0.29, 0.717) is 11.5 Å². The van der Waals surface area contributed by atoms with Crippen molar-refractivity contribution < 1.29 is 8.42 Å². The standard InChI is InChI=1S/C8H8.C4H8O2S/c1-2-8-6-4-3-5-7-8;5-7(6)3-1-2-4-7/h2-7H,1H2;1-4H2. The van der Waals surface area contributed by atoms with E-state index in [9.17, 15) is 8.42 Å². The van der Waals surface area contributed by atoms with Crippen molar-refractivity contribution in [3.8, 4) is 0 Å². The van der Waals surface area contributed by atoms with Crippen molar-refractivity contribution >= 4 is 15.9 Å². The summed E-state index contributed by atoms with van der Waals surface area (Å²) in [7, 11) is -2.55. The number of benzene rings is 1. The second-order valence-corrected chi connectivity index (χ2v) is 5.78. The third-order valence-electron chi connectivity index (χ3n) is 2.20. The van der Waals surface area contributed by atoms with Gasteiger partial charge in [0, 0.05) is 0 Å². The van der Waals surface area contributed by atoms with Crippen LogP contribution in [0.4, 0.5) is 0 Å². The van der Waals surface area contributed by atoms with Crippen LogP contribution in [0.1, 0.15) is 18.4 Å². The summed E-state index contributed by atoms with van der Waals surface area (Å²) in [6.07, 6.45) is 3.59. The summed E-state index contributed by atoms with van der Waals surface area (Å²) >= 11 is 0. The minimum atomic E-state index is -2.55. The lowest BCUT2D eigenvalue weighted by Crippen LogP contribution is -1.98. The summed E-state index contributed by atoms with van der Waals surface area (Å²) in [5, 5.41) is 0. The Kier molecular flexibility index (Phi) is 4.56. The Morgan fingerprint density at radius 2 is 1.60 bits per heavy atom. The van der Waals surface area contributed by atoms with Crippen LogP contribution in [-0.4, -0.2) is 19.9 Å². The molecule has 1 heterocycles. The highest BCUT2D eigenvalue weighted by molar-refractivity contribution is 7.91. The molecule has 1 fully saturated rings. The highest BCUT2D eigenvalue weighted by atomic mass is 32.2. The van der Waals surface area contributed by atoms with E-state index in [4.69, 9.17) is 0 Å². The average Bonchev–Trinajstić information content (AvgIpc) is 2.65. The first-order chi connectivity index (χ1) is 7.14. The van der Waals surface area contributed by atoms with E-state index in [1.54, 1.807) is 0 Å². The number of hydrogen-bond acceptors (Lipinski definition) is 2. The van der Waals surface area contributed by atoms with E-state index >= 15 is 0 Å². The average molecular weight is 224 g/mol. The zero-order valence-electron chi connectivity index (χ0n) is 8.72. The van der Waals surface area contributed by atoms with Crippen molar-refractivity contribution in [2.75, 3.05) is 11.5 Å². The van der Waals surface area contributed by atoms with Gasteiger partial charge < -0.3 is 0 Å². The quantitative estimate of drug-likeness (QED) is 0.734. The van der Waals surface area contributed by atoms with Crippen LogP contribution in [0.2, 0.25) is 0 Å². The molecule has 0 unspecified atom stereocenters. The number of hydrogen-bond donors (Lipinski definition) is 0. The van der Waals surface area contributed by atoms with Gasteiger partial charge in [0.2, 0.25) is 0 Å². The van der Waals surface area contributed by atoms with Crippen molar-refractivity contribution in [1.82, 2.24) is 0 Å². The molecule has 0 radical (unpaired) electrons. The van der Waals surface area contributed by atoms with Crippen molar-refractivity contribution in [1.29, 1.82) is 0 Å². The van der Waals surface area contributed by atoms with E-state index < -0.39 is 9.84 Å². The van der Waals surface area contributed by atoms with Crippen molar-refractivity contribution in [2.24, 2.45) is 0 Å². The molecule has 0 aliphatic carbocycles. The predicted octanol–water partition coefficient (Wildman–Crippen LogP) is 2.52. The molecule has 0 spiro atoms. The molecule has 3 heteroatoms. The van der Waals surface area contributed by atoms with Crippen LogP contribution in [0, 0.1) is 0 Å². The van der Waals surface area contributed by atoms with Gasteiger partial charge in [0.15, 0.2) is 0 Å². The highest BCUT2D eigenvalue weighted by Crippen LogP contribution is 2.08. The van der Waals surface area contributed by atoms with Crippen LogP contribution in [-0.2, 0) is 9.84 Å². The largest absolute Gasteiger partial charge is 0.229 e. The van der Waals surface area contributed by atoms with Crippen LogP contribution in [0.15, 0.2) is 36.9 Å². The molecule has 15 heavy (non-hydrogen) atoms. The Morgan fingerprint density at radius 1 is 1.07 bits per heavy atom. The Hall–Kier alpha value is -1.09. The molecule has 0 amide bonds. The lowest BCUT2D eigenvalue weighted by atomic mass is 10.2. The summed E-state index contributed by atoms with van der Waals surface area (Å²) in [6, 6.07) is 10.0. The van der Waals surface area contributed by atoms with E-state index in [2.05, 4.69) is 6.58 Å². The molecule has 0 bridgehead atoms. The Balaban J connectivity index is 0.000000151. The normalized spacial score (nSPS) is 17.6. The maximum absolute atomic E-state index is 10.4. The lowest BCUT2D eigenvalue weighted by Gasteiger charge is -1.85. The summed E-state index contributed by atoms with van der Waals surface area (Å²) in [6.45, 7) is 3.63. The monoisotopic (exact) mass is 224 g/mol. The van der Waals surface area contributed by atoms with Gasteiger partial charge in [-0.3, -0.25) is 0 Å². The number of sulfone groups is 1. The van der Waals surface area contributed by atoms with E-state index in [0.717, 1.165) is 12.8 Å². The Bertz CT molecular complexity index is 381. The summed E-state index contributed by atoms with van der Waals surface area (Å²) < 4.78 is 20.9. The first kappa shape index (κ1) is 12.0. The summed E-state index contributed by atoms with van der Waals surface area (Å²) in [5.74, 6) is 0.847. The fourth-order valence-corrected chi connectivity index (χ4v) is 2.83. The minimum absolute atomic E-state index is 0.424. The molecule has 1 aromatic rings. The molecule has 0 N–H and O–H groups in total. The van der Waals surface area contributed by atoms with Gasteiger partial charge in [0.05, 0.1) is 11.5 Å². The van der Waals surface area contributed by atoms with Crippen LogP contribution in [0.25, 0.3) is 6.08 Å². The molecule has 0 atom stereocenters. The van der Waals surface area contributed by atoms with Crippen molar-refractivity contribution in [3.05, 3.63) is 42.5 Å². The molecule has 82 valence electrons. The van der Waals surface area contributed by atoms with Crippen molar-refractivity contribution in [2.45, 2.75) is 12.8 Å². The molecule has 1 saturated heterocycles. The zero-order valence-corrected chi connectivity index (χ0v) is 9.54. The molecule has 0 saturated carbocycles. The lowest BCUT2D eigenvalue weighted by molar-refractivity contribution is 0.602. The molecule has 1 aromatic carbocycles. The van der Waals surface area contributed by atoms with Crippen LogP contribution >= 0.6 is 0 Å². The maximum Gasteiger partial charge on any atom is 0.150 e. The van der Waals surface area contributed by atoms with Gasteiger partial charge in [-0.15, -0.1) is 0 Å². The Labute approximate surface area is 91.6 Å². The predicted molar refractivity (Wildman–Crippen MR) is 64.4 cm³/mol.